The first-order valence-corrected chi connectivity index (χ1v) is 9.20. The predicted molar refractivity (Wildman–Crippen MR) is 105 cm³/mol. The van der Waals surface area contributed by atoms with Gasteiger partial charge in [-0.25, -0.2) is 9.97 Å². The third-order valence-corrected chi connectivity index (χ3v) is 4.86. The van der Waals surface area contributed by atoms with Crippen LogP contribution >= 0.6 is 11.8 Å². The lowest BCUT2D eigenvalue weighted by molar-refractivity contribution is -0.113. The molecule has 0 aliphatic rings. The van der Waals surface area contributed by atoms with E-state index in [0.29, 0.717) is 16.2 Å². The van der Waals surface area contributed by atoms with Crippen LogP contribution in [0.25, 0.3) is 11.0 Å². The van der Waals surface area contributed by atoms with Gasteiger partial charge in [0.15, 0.2) is 10.8 Å². The van der Waals surface area contributed by atoms with E-state index in [2.05, 4.69) is 20.3 Å². The Labute approximate surface area is 155 Å². The average molecular weight is 368 g/mol. The van der Waals surface area contributed by atoms with E-state index >= 15 is 0 Å². The smallest absolute Gasteiger partial charge is 0.261 e. The molecule has 0 bridgehead atoms. The van der Waals surface area contributed by atoms with Crippen molar-refractivity contribution in [2.45, 2.75) is 32.9 Å². The number of pyridine rings is 1. The van der Waals surface area contributed by atoms with Crippen molar-refractivity contribution in [1.29, 1.82) is 0 Å². The van der Waals surface area contributed by atoms with Crippen LogP contribution in [0.2, 0.25) is 0 Å². The van der Waals surface area contributed by atoms with Crippen LogP contribution < -0.4 is 10.9 Å². The molecule has 2 N–H and O–H groups in total. The highest BCUT2D eigenvalue weighted by molar-refractivity contribution is 7.99. The Balaban J connectivity index is 1.76. The molecule has 0 unspecified atom stereocenters. The molecule has 1 amide bonds. The number of fused-ring (bicyclic) bond motifs is 1. The molecule has 0 aliphatic carbocycles. The summed E-state index contributed by atoms with van der Waals surface area (Å²) in [6, 6.07) is 7.75. The number of hydrogen-bond acceptors (Lipinski definition) is 5. The summed E-state index contributed by atoms with van der Waals surface area (Å²) in [6.07, 6.45) is 0. The fourth-order valence-corrected chi connectivity index (χ4v) is 3.38. The highest BCUT2D eigenvalue weighted by Gasteiger charge is 2.11. The molecule has 1 aromatic carbocycles. The van der Waals surface area contributed by atoms with Crippen molar-refractivity contribution in [2.75, 3.05) is 11.1 Å². The highest BCUT2D eigenvalue weighted by atomic mass is 32.2. The number of benzene rings is 1. The maximum absolute atomic E-state index is 12.3. The molecule has 3 rings (SSSR count). The van der Waals surface area contributed by atoms with Gasteiger partial charge in [0, 0.05) is 11.4 Å². The lowest BCUT2D eigenvalue weighted by Gasteiger charge is -2.09. The number of carbonyl (C=O) groups is 1. The van der Waals surface area contributed by atoms with Crippen molar-refractivity contribution in [2.24, 2.45) is 0 Å². The second kappa shape index (κ2) is 7.29. The van der Waals surface area contributed by atoms with Gasteiger partial charge in [-0.2, -0.15) is 0 Å². The van der Waals surface area contributed by atoms with E-state index < -0.39 is 0 Å². The molecule has 0 fully saturated rings. The Kier molecular flexibility index (Phi) is 5.08. The molecular weight excluding hydrogens is 348 g/mol. The molecule has 2 aromatic heterocycles. The van der Waals surface area contributed by atoms with Crippen molar-refractivity contribution < 1.29 is 4.79 Å². The van der Waals surface area contributed by atoms with E-state index in [1.54, 1.807) is 0 Å². The Morgan fingerprint density at radius 3 is 2.65 bits per heavy atom. The summed E-state index contributed by atoms with van der Waals surface area (Å²) in [5, 5.41) is 3.77. The summed E-state index contributed by atoms with van der Waals surface area (Å²) in [6.45, 7) is 7.64. The summed E-state index contributed by atoms with van der Waals surface area (Å²) in [4.78, 5) is 36.0. The molecule has 3 aromatic rings. The van der Waals surface area contributed by atoms with E-state index in [1.165, 1.54) is 11.8 Å². The highest BCUT2D eigenvalue weighted by Crippen LogP contribution is 2.19. The van der Waals surface area contributed by atoms with Gasteiger partial charge in [0.25, 0.3) is 5.56 Å². The minimum atomic E-state index is -0.238. The van der Waals surface area contributed by atoms with Crippen LogP contribution in [-0.4, -0.2) is 26.6 Å². The number of aromatic amines is 1. The van der Waals surface area contributed by atoms with Gasteiger partial charge in [-0.05, 0) is 56.5 Å². The number of aromatic nitrogens is 3. The zero-order valence-electron chi connectivity index (χ0n) is 15.1. The summed E-state index contributed by atoms with van der Waals surface area (Å²) >= 11 is 1.18. The van der Waals surface area contributed by atoms with Crippen LogP contribution in [0.5, 0.6) is 0 Å². The Morgan fingerprint density at radius 1 is 1.12 bits per heavy atom. The maximum atomic E-state index is 12.3. The molecule has 7 heteroatoms. The Morgan fingerprint density at radius 2 is 1.88 bits per heavy atom. The minimum Gasteiger partial charge on any atom is -0.325 e. The van der Waals surface area contributed by atoms with Crippen LogP contribution in [0.3, 0.4) is 0 Å². The monoisotopic (exact) mass is 368 g/mol. The predicted octanol–water partition coefficient (Wildman–Crippen LogP) is 3.28. The van der Waals surface area contributed by atoms with Crippen molar-refractivity contribution in [3.63, 3.8) is 0 Å². The zero-order valence-corrected chi connectivity index (χ0v) is 16.0. The van der Waals surface area contributed by atoms with E-state index in [4.69, 9.17) is 0 Å². The number of aryl methyl sites for hydroxylation is 4. The standard InChI is InChI=1S/C19H20N4O2S/c1-10-5-6-11(2)14(7-10)21-15(24)9-26-19-22-17-16(18(25)23-19)12(3)8-13(4)20-17/h5-8H,9H2,1-4H3,(H,21,24)(H,20,22,23,25). The van der Waals surface area contributed by atoms with Gasteiger partial charge in [0.1, 0.15) is 0 Å². The van der Waals surface area contributed by atoms with Gasteiger partial charge in [-0.15, -0.1) is 0 Å². The molecule has 26 heavy (non-hydrogen) atoms. The number of nitrogens with one attached hydrogen (secondary N) is 2. The quantitative estimate of drug-likeness (QED) is 0.545. The molecular formula is C19H20N4O2S. The number of carbonyl (C=O) groups excluding carboxylic acids is 1. The molecule has 6 nitrogen and oxygen atoms in total. The third kappa shape index (κ3) is 3.94. The summed E-state index contributed by atoms with van der Waals surface area (Å²) < 4.78 is 0. The molecule has 0 atom stereocenters. The summed E-state index contributed by atoms with van der Waals surface area (Å²) in [7, 11) is 0. The van der Waals surface area contributed by atoms with Crippen LogP contribution in [0.4, 0.5) is 5.69 Å². The molecule has 2 heterocycles. The van der Waals surface area contributed by atoms with Crippen LogP contribution in [0.15, 0.2) is 34.2 Å². The molecule has 0 spiro atoms. The van der Waals surface area contributed by atoms with Gasteiger partial charge in [-0.1, -0.05) is 23.9 Å². The second-order valence-electron chi connectivity index (χ2n) is 6.31. The first-order valence-electron chi connectivity index (χ1n) is 8.21. The number of hydrogen-bond donors (Lipinski definition) is 2. The van der Waals surface area contributed by atoms with E-state index in [-0.39, 0.29) is 17.2 Å². The van der Waals surface area contributed by atoms with Gasteiger partial charge in [0.2, 0.25) is 5.91 Å². The number of amides is 1. The van der Waals surface area contributed by atoms with Crippen LogP contribution in [0, 0.1) is 27.7 Å². The van der Waals surface area contributed by atoms with Crippen molar-refractivity contribution in [1.82, 2.24) is 15.0 Å². The van der Waals surface area contributed by atoms with E-state index in [9.17, 15) is 9.59 Å². The van der Waals surface area contributed by atoms with Crippen LogP contribution in [0.1, 0.15) is 22.4 Å². The molecule has 0 radical (unpaired) electrons. The van der Waals surface area contributed by atoms with Gasteiger partial charge < -0.3 is 10.3 Å². The van der Waals surface area contributed by atoms with E-state index in [0.717, 1.165) is 28.1 Å². The van der Waals surface area contributed by atoms with Gasteiger partial charge >= 0.3 is 0 Å². The molecule has 0 aliphatic heterocycles. The average Bonchev–Trinajstić information content (AvgIpc) is 2.55. The second-order valence-corrected chi connectivity index (χ2v) is 7.27. The Bertz CT molecular complexity index is 1060. The van der Waals surface area contributed by atoms with Crippen LogP contribution in [-0.2, 0) is 4.79 Å². The summed E-state index contributed by atoms with van der Waals surface area (Å²) in [5.41, 5.74) is 4.68. The lowest BCUT2D eigenvalue weighted by atomic mass is 10.1. The number of H-pyrrole nitrogens is 1. The molecule has 134 valence electrons. The Hall–Kier alpha value is -2.67. The number of rotatable bonds is 4. The molecule has 0 saturated heterocycles. The minimum absolute atomic E-state index is 0.145. The SMILES string of the molecule is Cc1ccc(C)c(NC(=O)CSc2nc3nc(C)cc(C)c3c(=O)[nH]2)c1. The first-order chi connectivity index (χ1) is 12.3. The van der Waals surface area contributed by atoms with Crippen molar-refractivity contribution >= 4 is 34.4 Å². The molecule has 0 saturated carbocycles. The van der Waals surface area contributed by atoms with Gasteiger partial charge in [0.05, 0.1) is 11.1 Å². The van der Waals surface area contributed by atoms with E-state index in [1.807, 2.05) is 52.0 Å². The topological polar surface area (TPSA) is 87.7 Å². The maximum Gasteiger partial charge on any atom is 0.261 e. The van der Waals surface area contributed by atoms with Gasteiger partial charge in [-0.3, -0.25) is 9.59 Å². The number of thioether (sulfide) groups is 1. The number of nitrogens with zero attached hydrogens (tertiary/aromatic N) is 2. The first kappa shape index (κ1) is 18.1. The van der Waals surface area contributed by atoms with Crippen molar-refractivity contribution in [3.8, 4) is 0 Å². The normalized spacial score (nSPS) is 10.9. The lowest BCUT2D eigenvalue weighted by Crippen LogP contribution is -2.16. The third-order valence-electron chi connectivity index (χ3n) is 3.99. The fraction of sp³-hybridized carbons (Fsp3) is 0.263. The fourth-order valence-electron chi connectivity index (χ4n) is 2.72. The largest absolute Gasteiger partial charge is 0.325 e. The number of anilines is 1. The zero-order chi connectivity index (χ0) is 18.8. The van der Waals surface area contributed by atoms with Crippen molar-refractivity contribution in [3.05, 3.63) is 57.0 Å². The summed E-state index contributed by atoms with van der Waals surface area (Å²) in [5.74, 6) is -0.00747.